The molecular weight excluding hydrogens is 596 g/mol. The molecule has 0 saturated heterocycles. The zero-order valence-electron chi connectivity index (χ0n) is 23.2. The van der Waals surface area contributed by atoms with Gasteiger partial charge in [0.2, 0.25) is 0 Å². The van der Waals surface area contributed by atoms with Gasteiger partial charge in [0, 0.05) is 28.7 Å². The third kappa shape index (κ3) is 6.07. The average Bonchev–Trinajstić information content (AvgIpc) is 3.27. The summed E-state index contributed by atoms with van der Waals surface area (Å²) in [5, 5.41) is 1.03. The van der Waals surface area contributed by atoms with E-state index in [0.29, 0.717) is 55.1 Å². The normalized spacial score (nSPS) is 14.9. The minimum Gasteiger partial charge on any atom is -0.488 e. The number of carbonyl (C=O) groups excluding carboxylic acids is 1. The molecule has 5 rings (SSSR count). The Morgan fingerprint density at radius 3 is 2.38 bits per heavy atom. The van der Waals surface area contributed by atoms with Gasteiger partial charge in [0.15, 0.2) is 4.80 Å². The van der Waals surface area contributed by atoms with Crippen LogP contribution < -0.4 is 19.6 Å². The first-order chi connectivity index (χ1) is 20.2. The van der Waals surface area contributed by atoms with E-state index in [1.807, 2.05) is 26.0 Å². The topological polar surface area (TPSA) is 63.9 Å². The molecule has 0 fully saturated rings. The lowest BCUT2D eigenvalue weighted by molar-refractivity contribution is -0.127. The molecule has 1 aromatic heterocycles. The SMILES string of the molecule is CCN(CC)C(=O)C1=C(C)N=c2s/c(=C/c3cc(Cl)ccc3OCc3ccc(F)cc3)c(=O)n2[C@@H]1c1ccc(Cl)cc1. The van der Waals surface area contributed by atoms with Crippen molar-refractivity contribution in [1.82, 2.24) is 9.47 Å². The fraction of sp³-hybridized carbons (Fsp3) is 0.219. The molecule has 1 aliphatic heterocycles. The highest BCUT2D eigenvalue weighted by molar-refractivity contribution is 7.07. The van der Waals surface area contributed by atoms with Crippen LogP contribution in [0.5, 0.6) is 5.75 Å². The van der Waals surface area contributed by atoms with Crippen molar-refractivity contribution in [3.63, 3.8) is 0 Å². The molecule has 0 radical (unpaired) electrons. The largest absolute Gasteiger partial charge is 0.488 e. The van der Waals surface area contributed by atoms with Gasteiger partial charge in [0.05, 0.1) is 21.8 Å². The summed E-state index contributed by atoms with van der Waals surface area (Å²) in [6.07, 6.45) is 1.72. The van der Waals surface area contributed by atoms with Gasteiger partial charge in [0.25, 0.3) is 11.5 Å². The van der Waals surface area contributed by atoms with Gasteiger partial charge < -0.3 is 9.64 Å². The summed E-state index contributed by atoms with van der Waals surface area (Å²) in [5.41, 5.74) is 2.87. The molecule has 10 heteroatoms. The molecule has 0 unspecified atom stereocenters. The van der Waals surface area contributed by atoms with Crippen molar-refractivity contribution in [3.05, 3.63) is 130 Å². The number of aromatic nitrogens is 1. The molecular formula is C32H28Cl2FN3O3S. The summed E-state index contributed by atoms with van der Waals surface area (Å²) in [7, 11) is 0. The fourth-order valence-corrected chi connectivity index (χ4v) is 6.23. The monoisotopic (exact) mass is 623 g/mol. The van der Waals surface area contributed by atoms with Crippen molar-refractivity contribution in [2.24, 2.45) is 4.99 Å². The number of hydrogen-bond donors (Lipinski definition) is 0. The van der Waals surface area contributed by atoms with E-state index >= 15 is 0 Å². The van der Waals surface area contributed by atoms with Gasteiger partial charge in [-0.15, -0.1) is 0 Å². The highest BCUT2D eigenvalue weighted by Gasteiger charge is 2.34. The first-order valence-electron chi connectivity index (χ1n) is 13.4. The number of carbonyl (C=O) groups is 1. The van der Waals surface area contributed by atoms with E-state index in [4.69, 9.17) is 32.9 Å². The predicted octanol–water partition coefficient (Wildman–Crippen LogP) is 6.13. The fourth-order valence-electron chi connectivity index (χ4n) is 4.88. The maximum Gasteiger partial charge on any atom is 0.271 e. The number of fused-ring (bicyclic) bond motifs is 1. The first kappa shape index (κ1) is 29.8. The van der Waals surface area contributed by atoms with Crippen molar-refractivity contribution in [2.75, 3.05) is 13.1 Å². The molecule has 216 valence electrons. The predicted molar refractivity (Wildman–Crippen MR) is 165 cm³/mol. The summed E-state index contributed by atoms with van der Waals surface area (Å²) in [4.78, 5) is 34.7. The smallest absolute Gasteiger partial charge is 0.271 e. The van der Waals surface area contributed by atoms with Crippen molar-refractivity contribution in [2.45, 2.75) is 33.4 Å². The van der Waals surface area contributed by atoms with Crippen LogP contribution in [0.2, 0.25) is 10.0 Å². The zero-order valence-corrected chi connectivity index (χ0v) is 25.6. The van der Waals surface area contributed by atoms with Crippen LogP contribution >= 0.6 is 34.5 Å². The van der Waals surface area contributed by atoms with Crippen LogP contribution in [-0.4, -0.2) is 28.5 Å². The molecule has 4 aromatic rings. The maximum absolute atomic E-state index is 14.1. The lowest BCUT2D eigenvalue weighted by atomic mass is 9.94. The Balaban J connectivity index is 1.62. The molecule has 0 bridgehead atoms. The first-order valence-corrected chi connectivity index (χ1v) is 15.0. The summed E-state index contributed by atoms with van der Waals surface area (Å²) in [6.45, 7) is 6.90. The molecule has 42 heavy (non-hydrogen) atoms. The molecule has 1 amide bonds. The van der Waals surface area contributed by atoms with E-state index < -0.39 is 6.04 Å². The van der Waals surface area contributed by atoms with E-state index in [1.165, 1.54) is 23.5 Å². The third-order valence-electron chi connectivity index (χ3n) is 7.05. The highest BCUT2D eigenvalue weighted by Crippen LogP contribution is 2.32. The van der Waals surface area contributed by atoms with E-state index in [2.05, 4.69) is 0 Å². The quantitative estimate of drug-likeness (QED) is 0.237. The average molecular weight is 625 g/mol. The molecule has 1 aliphatic rings. The van der Waals surface area contributed by atoms with Gasteiger partial charge in [-0.2, -0.15) is 0 Å². The molecule has 0 saturated carbocycles. The number of nitrogens with zero attached hydrogens (tertiary/aromatic N) is 3. The number of allylic oxidation sites excluding steroid dienone is 1. The second-order valence-electron chi connectivity index (χ2n) is 9.71. The second kappa shape index (κ2) is 12.7. The summed E-state index contributed by atoms with van der Waals surface area (Å²) in [5.74, 6) is 0.0228. The van der Waals surface area contributed by atoms with Gasteiger partial charge >= 0.3 is 0 Å². The minimum absolute atomic E-state index is 0.165. The van der Waals surface area contributed by atoms with Crippen molar-refractivity contribution < 1.29 is 13.9 Å². The number of benzene rings is 3. The lowest BCUT2D eigenvalue weighted by Crippen LogP contribution is -2.43. The summed E-state index contributed by atoms with van der Waals surface area (Å²) < 4.78 is 21.4. The molecule has 1 atom stereocenters. The molecule has 0 N–H and O–H groups in total. The number of ether oxygens (including phenoxy) is 1. The summed E-state index contributed by atoms with van der Waals surface area (Å²) >= 11 is 13.7. The standard InChI is InChI=1S/C32H28Cl2FN3O3S/c1-4-37(5-2)31(40)28-19(3)36-32-38(29(28)21-8-10-23(33)11-9-21)30(39)27(42-32)17-22-16-24(34)12-15-26(22)41-18-20-6-13-25(35)14-7-20/h6-17,29H,4-5,18H2,1-3H3/b27-17+/t29-/m1/s1. The van der Waals surface area contributed by atoms with Gasteiger partial charge in [-0.1, -0.05) is 58.8 Å². The number of thiazole rings is 1. The van der Waals surface area contributed by atoms with E-state index in [-0.39, 0.29) is 23.9 Å². The van der Waals surface area contributed by atoms with Gasteiger partial charge in [-0.3, -0.25) is 14.2 Å². The van der Waals surface area contributed by atoms with Crippen LogP contribution in [0, 0.1) is 5.82 Å². The molecule has 0 spiro atoms. The van der Waals surface area contributed by atoms with E-state index in [9.17, 15) is 14.0 Å². The number of rotatable bonds is 8. The van der Waals surface area contributed by atoms with Crippen LogP contribution in [-0.2, 0) is 11.4 Å². The van der Waals surface area contributed by atoms with Crippen LogP contribution in [0.3, 0.4) is 0 Å². The Kier molecular flexibility index (Phi) is 8.96. The van der Waals surface area contributed by atoms with Crippen molar-refractivity contribution in [3.8, 4) is 5.75 Å². The Morgan fingerprint density at radius 2 is 1.71 bits per heavy atom. The Morgan fingerprint density at radius 1 is 1.05 bits per heavy atom. The van der Waals surface area contributed by atoms with Crippen molar-refractivity contribution >= 4 is 46.5 Å². The number of halogens is 3. The maximum atomic E-state index is 14.1. The lowest BCUT2D eigenvalue weighted by Gasteiger charge is -2.29. The van der Waals surface area contributed by atoms with Gasteiger partial charge in [-0.05, 0) is 80.4 Å². The van der Waals surface area contributed by atoms with Crippen LogP contribution in [0.4, 0.5) is 4.39 Å². The third-order valence-corrected chi connectivity index (χ3v) is 8.52. The molecule has 6 nitrogen and oxygen atoms in total. The highest BCUT2D eigenvalue weighted by atomic mass is 35.5. The van der Waals surface area contributed by atoms with Crippen LogP contribution in [0.1, 0.15) is 43.5 Å². The Hall–Kier alpha value is -3.72. The van der Waals surface area contributed by atoms with E-state index in [1.54, 1.807) is 64.9 Å². The number of hydrogen-bond acceptors (Lipinski definition) is 5. The van der Waals surface area contributed by atoms with E-state index in [0.717, 1.165) is 11.1 Å². The van der Waals surface area contributed by atoms with Crippen LogP contribution in [0.25, 0.3) is 6.08 Å². The van der Waals surface area contributed by atoms with Gasteiger partial charge in [-0.25, -0.2) is 9.38 Å². The van der Waals surface area contributed by atoms with Crippen LogP contribution in [0.15, 0.2) is 87.8 Å². The van der Waals surface area contributed by atoms with Gasteiger partial charge in [0.1, 0.15) is 18.2 Å². The summed E-state index contributed by atoms with van der Waals surface area (Å²) in [6, 6.07) is 17.7. The zero-order chi connectivity index (χ0) is 30.0. The Bertz CT molecular complexity index is 1840. The second-order valence-corrected chi connectivity index (χ2v) is 11.6. The number of likely N-dealkylation sites (N-methyl/N-ethyl adjacent to an activating group) is 1. The molecule has 0 aliphatic carbocycles. The molecule has 3 aromatic carbocycles. The Labute approximate surface area is 256 Å². The number of amides is 1. The minimum atomic E-state index is -0.678. The molecule has 2 heterocycles. The van der Waals surface area contributed by atoms with Crippen molar-refractivity contribution in [1.29, 1.82) is 0 Å².